The van der Waals surface area contributed by atoms with Crippen molar-refractivity contribution in [3.63, 3.8) is 0 Å². The first-order valence-corrected chi connectivity index (χ1v) is 9.19. The zero-order valence-electron chi connectivity index (χ0n) is 13.5. The molecule has 0 saturated heterocycles. The predicted molar refractivity (Wildman–Crippen MR) is 96.1 cm³/mol. The Bertz CT molecular complexity index is 888. The number of anilines is 1. The number of hydrogen-bond acceptors (Lipinski definition) is 5. The molecule has 0 fully saturated rings. The highest BCUT2D eigenvalue weighted by molar-refractivity contribution is 7.17. The first-order valence-electron chi connectivity index (χ1n) is 7.43. The third-order valence-electron chi connectivity index (χ3n) is 3.29. The summed E-state index contributed by atoms with van der Waals surface area (Å²) in [5.41, 5.74) is 2.05. The van der Waals surface area contributed by atoms with Crippen LogP contribution in [0.4, 0.5) is 18.9 Å². The number of alkyl halides is 3. The van der Waals surface area contributed by atoms with Gasteiger partial charge in [-0.25, -0.2) is 4.98 Å². The van der Waals surface area contributed by atoms with E-state index in [1.807, 2.05) is 16.8 Å². The van der Waals surface area contributed by atoms with Crippen molar-refractivity contribution in [2.75, 3.05) is 11.9 Å². The Morgan fingerprint density at radius 3 is 2.58 bits per heavy atom. The Morgan fingerprint density at radius 1 is 1.23 bits per heavy atom. The minimum atomic E-state index is -4.39. The smallest absolute Gasteiger partial charge is 0.422 e. The Balaban J connectivity index is 1.67. The molecule has 0 unspecified atom stereocenters. The highest BCUT2D eigenvalue weighted by Crippen LogP contribution is 2.30. The molecular formula is C17H13F3N2O2S2. The highest BCUT2D eigenvalue weighted by Gasteiger charge is 2.28. The predicted octanol–water partition coefficient (Wildman–Crippen LogP) is 5.37. The molecule has 4 nitrogen and oxygen atoms in total. The van der Waals surface area contributed by atoms with E-state index in [0.29, 0.717) is 16.3 Å². The molecule has 0 saturated carbocycles. The Kier molecular flexibility index (Phi) is 5.28. The molecule has 1 aromatic carbocycles. The molecule has 9 heteroatoms. The summed E-state index contributed by atoms with van der Waals surface area (Å²) in [5, 5.41) is 7.38. The summed E-state index contributed by atoms with van der Waals surface area (Å²) in [6, 6.07) is 7.65. The van der Waals surface area contributed by atoms with Gasteiger partial charge in [0.25, 0.3) is 5.91 Å². The molecule has 2 heterocycles. The second kappa shape index (κ2) is 7.46. The minimum absolute atomic E-state index is 0.0778. The number of halogens is 3. The minimum Gasteiger partial charge on any atom is -0.484 e. The van der Waals surface area contributed by atoms with Crippen LogP contribution >= 0.6 is 22.7 Å². The lowest BCUT2D eigenvalue weighted by Crippen LogP contribution is -2.19. The molecule has 0 aliphatic heterocycles. The number of thiazole rings is 1. The second-order valence-electron chi connectivity index (χ2n) is 5.33. The van der Waals surface area contributed by atoms with Gasteiger partial charge in [-0.2, -0.15) is 24.5 Å². The molecule has 1 amide bonds. The van der Waals surface area contributed by atoms with Crippen molar-refractivity contribution in [1.82, 2.24) is 4.98 Å². The fourth-order valence-corrected chi connectivity index (χ4v) is 3.78. The molecule has 136 valence electrons. The molecule has 0 spiro atoms. The van der Waals surface area contributed by atoms with Crippen molar-refractivity contribution in [1.29, 1.82) is 0 Å². The van der Waals surface area contributed by atoms with Crippen molar-refractivity contribution >= 4 is 34.3 Å². The molecule has 0 aliphatic rings. The number of benzene rings is 1. The van der Waals surface area contributed by atoms with Crippen LogP contribution in [0.1, 0.15) is 15.4 Å². The molecule has 1 N–H and O–H groups in total. The van der Waals surface area contributed by atoms with Gasteiger partial charge in [0.05, 0.1) is 5.69 Å². The van der Waals surface area contributed by atoms with Crippen LogP contribution in [0, 0.1) is 6.92 Å². The van der Waals surface area contributed by atoms with E-state index < -0.39 is 12.8 Å². The molecular weight excluding hydrogens is 385 g/mol. The summed E-state index contributed by atoms with van der Waals surface area (Å²) in [4.78, 5) is 17.3. The number of aryl methyl sites for hydroxylation is 1. The average molecular weight is 398 g/mol. The third-order valence-corrected chi connectivity index (χ3v) is 5.17. The van der Waals surface area contributed by atoms with E-state index in [0.717, 1.165) is 10.6 Å². The molecule has 0 atom stereocenters. The maximum atomic E-state index is 12.4. The number of rotatable bonds is 5. The van der Waals surface area contributed by atoms with Crippen molar-refractivity contribution < 1.29 is 22.7 Å². The van der Waals surface area contributed by atoms with Crippen LogP contribution in [-0.2, 0) is 0 Å². The number of nitrogens with one attached hydrogen (secondary N) is 1. The van der Waals surface area contributed by atoms with Gasteiger partial charge in [-0.05, 0) is 42.6 Å². The van der Waals surface area contributed by atoms with E-state index >= 15 is 0 Å². The number of amides is 1. The van der Waals surface area contributed by atoms with Crippen LogP contribution in [0.2, 0.25) is 0 Å². The van der Waals surface area contributed by atoms with E-state index in [9.17, 15) is 18.0 Å². The van der Waals surface area contributed by atoms with Crippen molar-refractivity contribution in [3.8, 4) is 16.3 Å². The molecule has 3 rings (SSSR count). The molecule has 0 radical (unpaired) electrons. The van der Waals surface area contributed by atoms with Gasteiger partial charge in [0.15, 0.2) is 6.61 Å². The van der Waals surface area contributed by atoms with Gasteiger partial charge < -0.3 is 10.1 Å². The molecule has 0 aliphatic carbocycles. The summed E-state index contributed by atoms with van der Waals surface area (Å²) in [6.45, 7) is 0.402. The molecule has 26 heavy (non-hydrogen) atoms. The van der Waals surface area contributed by atoms with Crippen LogP contribution in [0.3, 0.4) is 0 Å². The zero-order valence-corrected chi connectivity index (χ0v) is 15.1. The number of nitrogens with zero attached hydrogens (tertiary/aromatic N) is 1. The summed E-state index contributed by atoms with van der Waals surface area (Å²) in [7, 11) is 0. The summed E-state index contributed by atoms with van der Waals surface area (Å²) in [5.74, 6) is -0.237. The quantitative estimate of drug-likeness (QED) is 0.628. The van der Waals surface area contributed by atoms with Gasteiger partial charge in [0.1, 0.15) is 15.6 Å². The number of hydrogen-bond donors (Lipinski definition) is 1. The lowest BCUT2D eigenvalue weighted by Gasteiger charge is -2.10. The number of thiophene rings is 1. The largest absolute Gasteiger partial charge is 0.484 e. The van der Waals surface area contributed by atoms with Crippen LogP contribution in [-0.4, -0.2) is 23.7 Å². The van der Waals surface area contributed by atoms with E-state index in [2.05, 4.69) is 15.0 Å². The SMILES string of the molecule is Cc1nc(-c2ccsc2)sc1C(=O)Nc1ccc(OCC(F)(F)F)cc1. The summed E-state index contributed by atoms with van der Waals surface area (Å²) < 4.78 is 41.0. The first-order chi connectivity index (χ1) is 12.3. The van der Waals surface area contributed by atoms with Crippen LogP contribution in [0.25, 0.3) is 10.6 Å². The number of carbonyl (C=O) groups is 1. The number of carbonyl (C=O) groups excluding carboxylic acids is 1. The van der Waals surface area contributed by atoms with Gasteiger partial charge in [-0.3, -0.25) is 4.79 Å². The lowest BCUT2D eigenvalue weighted by atomic mass is 10.3. The van der Waals surface area contributed by atoms with E-state index in [-0.39, 0.29) is 11.7 Å². The van der Waals surface area contributed by atoms with E-state index in [1.165, 1.54) is 35.6 Å². The molecule has 3 aromatic rings. The zero-order chi connectivity index (χ0) is 18.7. The third kappa shape index (κ3) is 4.61. The van der Waals surface area contributed by atoms with Crippen molar-refractivity contribution in [2.45, 2.75) is 13.1 Å². The van der Waals surface area contributed by atoms with Crippen LogP contribution in [0.15, 0.2) is 41.1 Å². The number of aromatic nitrogens is 1. The monoisotopic (exact) mass is 398 g/mol. The molecule has 0 bridgehead atoms. The van der Waals surface area contributed by atoms with Crippen molar-refractivity contribution in [3.05, 3.63) is 51.7 Å². The fourth-order valence-electron chi connectivity index (χ4n) is 2.10. The average Bonchev–Trinajstić information content (AvgIpc) is 3.23. The summed E-state index contributed by atoms with van der Waals surface area (Å²) in [6.07, 6.45) is -4.39. The Hall–Kier alpha value is -2.39. The van der Waals surface area contributed by atoms with Crippen LogP contribution < -0.4 is 10.1 Å². The first kappa shape index (κ1) is 18.4. The van der Waals surface area contributed by atoms with Gasteiger partial charge in [-0.15, -0.1) is 11.3 Å². The van der Waals surface area contributed by atoms with Gasteiger partial charge in [0, 0.05) is 16.6 Å². The normalized spacial score (nSPS) is 11.4. The van der Waals surface area contributed by atoms with E-state index in [1.54, 1.807) is 18.3 Å². The standard InChI is InChI=1S/C17H13F3N2O2S2/c1-10-14(26-16(21-10)11-6-7-25-8-11)15(23)22-12-2-4-13(5-3-12)24-9-17(18,19)20/h2-8H,9H2,1H3,(H,22,23). The Labute approximate surface area is 155 Å². The maximum Gasteiger partial charge on any atom is 0.422 e. The van der Waals surface area contributed by atoms with Gasteiger partial charge in [0.2, 0.25) is 0 Å². The van der Waals surface area contributed by atoms with Gasteiger partial charge in [-0.1, -0.05) is 0 Å². The van der Waals surface area contributed by atoms with E-state index in [4.69, 9.17) is 0 Å². The maximum absolute atomic E-state index is 12.4. The fraction of sp³-hybridized carbons (Fsp3) is 0.176. The van der Waals surface area contributed by atoms with Crippen molar-refractivity contribution in [2.24, 2.45) is 0 Å². The number of ether oxygens (including phenoxy) is 1. The topological polar surface area (TPSA) is 51.2 Å². The molecule has 2 aromatic heterocycles. The van der Waals surface area contributed by atoms with Crippen LogP contribution in [0.5, 0.6) is 5.75 Å². The Morgan fingerprint density at radius 2 is 1.96 bits per heavy atom. The lowest BCUT2D eigenvalue weighted by molar-refractivity contribution is -0.153. The summed E-state index contributed by atoms with van der Waals surface area (Å²) >= 11 is 2.84. The second-order valence-corrected chi connectivity index (χ2v) is 7.11. The highest BCUT2D eigenvalue weighted by atomic mass is 32.1. The van der Waals surface area contributed by atoms with Gasteiger partial charge >= 0.3 is 6.18 Å².